The Bertz CT molecular complexity index is 529. The first kappa shape index (κ1) is 19.6. The quantitative estimate of drug-likeness (QED) is 0.889. The summed E-state index contributed by atoms with van der Waals surface area (Å²) in [5.41, 5.74) is 0. The van der Waals surface area contributed by atoms with Crippen molar-refractivity contribution in [3.63, 3.8) is 0 Å². The number of rotatable bonds is 5. The van der Waals surface area contributed by atoms with E-state index in [2.05, 4.69) is 5.32 Å². The molecule has 1 aliphatic rings. The number of nitrogens with one attached hydrogen (secondary N) is 1. The van der Waals surface area contributed by atoms with Crippen molar-refractivity contribution < 1.29 is 18.3 Å². The molecule has 23 heavy (non-hydrogen) atoms. The van der Waals surface area contributed by atoms with E-state index in [0.717, 1.165) is 31.5 Å². The molecule has 0 saturated carbocycles. The number of benzene rings is 1. The number of carbonyl (C=O) groups is 1. The molecule has 1 aromatic carbocycles. The van der Waals surface area contributed by atoms with Gasteiger partial charge in [-0.15, -0.1) is 12.4 Å². The van der Waals surface area contributed by atoms with E-state index in [1.165, 1.54) is 6.07 Å². The van der Waals surface area contributed by atoms with Gasteiger partial charge in [-0.3, -0.25) is 4.79 Å². The number of carbonyl (C=O) groups excluding carboxylic acids is 1. The Morgan fingerprint density at radius 1 is 1.43 bits per heavy atom. The third-order valence-electron chi connectivity index (χ3n) is 3.88. The molecule has 1 saturated heterocycles. The van der Waals surface area contributed by atoms with Crippen LogP contribution in [0, 0.1) is 17.6 Å². The SMILES string of the molecule is CNCC1CCCN(C(=O)C(C)Oc2ccc(F)c(F)c2)C1.Cl. The van der Waals surface area contributed by atoms with Crippen molar-refractivity contribution in [3.8, 4) is 5.75 Å². The first-order valence-electron chi connectivity index (χ1n) is 7.56. The highest BCUT2D eigenvalue weighted by atomic mass is 35.5. The second-order valence-corrected chi connectivity index (χ2v) is 5.69. The summed E-state index contributed by atoms with van der Waals surface area (Å²) in [4.78, 5) is 14.2. The molecule has 1 amide bonds. The number of hydrogen-bond acceptors (Lipinski definition) is 3. The molecule has 1 aliphatic heterocycles. The zero-order valence-electron chi connectivity index (χ0n) is 13.4. The average molecular weight is 349 g/mol. The first-order chi connectivity index (χ1) is 10.5. The van der Waals surface area contributed by atoms with E-state index in [4.69, 9.17) is 4.74 Å². The fraction of sp³-hybridized carbons (Fsp3) is 0.562. The van der Waals surface area contributed by atoms with Crippen LogP contribution in [0.1, 0.15) is 19.8 Å². The minimum atomic E-state index is -0.982. The van der Waals surface area contributed by atoms with Crippen LogP contribution in [0.4, 0.5) is 8.78 Å². The molecule has 0 radical (unpaired) electrons. The molecular weight excluding hydrogens is 326 g/mol. The van der Waals surface area contributed by atoms with Gasteiger partial charge in [0.25, 0.3) is 5.91 Å². The lowest BCUT2D eigenvalue weighted by atomic mass is 9.97. The van der Waals surface area contributed by atoms with Crippen LogP contribution in [0.25, 0.3) is 0 Å². The fourth-order valence-corrected chi connectivity index (χ4v) is 2.78. The van der Waals surface area contributed by atoms with Gasteiger partial charge in [0.2, 0.25) is 0 Å². The fourth-order valence-electron chi connectivity index (χ4n) is 2.78. The predicted octanol–water partition coefficient (Wildman–Crippen LogP) is 2.61. The van der Waals surface area contributed by atoms with Crippen LogP contribution in [0.5, 0.6) is 5.75 Å². The lowest BCUT2D eigenvalue weighted by Gasteiger charge is -2.34. The lowest BCUT2D eigenvalue weighted by molar-refractivity contribution is -0.139. The highest BCUT2D eigenvalue weighted by molar-refractivity contribution is 5.85. The minimum Gasteiger partial charge on any atom is -0.481 e. The highest BCUT2D eigenvalue weighted by Gasteiger charge is 2.27. The summed E-state index contributed by atoms with van der Waals surface area (Å²) in [7, 11) is 1.90. The molecule has 1 aromatic rings. The van der Waals surface area contributed by atoms with Crippen LogP contribution < -0.4 is 10.1 Å². The van der Waals surface area contributed by atoms with Crippen molar-refractivity contribution in [1.82, 2.24) is 10.2 Å². The van der Waals surface area contributed by atoms with Crippen molar-refractivity contribution in [2.45, 2.75) is 25.9 Å². The van der Waals surface area contributed by atoms with Crippen molar-refractivity contribution in [2.75, 3.05) is 26.7 Å². The maximum atomic E-state index is 13.2. The van der Waals surface area contributed by atoms with Crippen LogP contribution in [-0.2, 0) is 4.79 Å². The predicted molar refractivity (Wildman–Crippen MR) is 86.9 cm³/mol. The van der Waals surface area contributed by atoms with E-state index in [0.29, 0.717) is 19.0 Å². The molecule has 1 N–H and O–H groups in total. The second-order valence-electron chi connectivity index (χ2n) is 5.69. The maximum Gasteiger partial charge on any atom is 0.263 e. The normalized spacial score (nSPS) is 19.0. The van der Waals surface area contributed by atoms with Crippen LogP contribution >= 0.6 is 12.4 Å². The van der Waals surface area contributed by atoms with Crippen molar-refractivity contribution >= 4 is 18.3 Å². The molecule has 2 rings (SSSR count). The van der Waals surface area contributed by atoms with E-state index < -0.39 is 17.7 Å². The number of piperidine rings is 1. The summed E-state index contributed by atoms with van der Waals surface area (Å²) in [6.45, 7) is 3.92. The van der Waals surface area contributed by atoms with Crippen LogP contribution in [0.3, 0.4) is 0 Å². The second kappa shape index (κ2) is 9.03. The molecule has 0 aliphatic carbocycles. The van der Waals surface area contributed by atoms with Gasteiger partial charge in [-0.2, -0.15) is 0 Å². The smallest absolute Gasteiger partial charge is 0.263 e. The molecule has 4 nitrogen and oxygen atoms in total. The van der Waals surface area contributed by atoms with Gasteiger partial charge in [-0.25, -0.2) is 8.78 Å². The Balaban J connectivity index is 0.00000264. The van der Waals surface area contributed by atoms with Crippen LogP contribution in [0.15, 0.2) is 18.2 Å². The Morgan fingerprint density at radius 3 is 2.83 bits per heavy atom. The molecule has 2 atom stereocenters. The Labute approximate surface area is 141 Å². The summed E-state index contributed by atoms with van der Waals surface area (Å²) in [6, 6.07) is 3.27. The number of ether oxygens (including phenoxy) is 1. The van der Waals surface area contributed by atoms with Gasteiger partial charge >= 0.3 is 0 Å². The summed E-state index contributed by atoms with van der Waals surface area (Å²) in [5.74, 6) is -1.44. The van der Waals surface area contributed by atoms with Gasteiger partial charge in [-0.05, 0) is 51.4 Å². The molecule has 0 aromatic heterocycles. The Morgan fingerprint density at radius 2 is 2.17 bits per heavy atom. The van der Waals surface area contributed by atoms with Gasteiger partial charge in [0.1, 0.15) is 5.75 Å². The van der Waals surface area contributed by atoms with Crippen LogP contribution in [0.2, 0.25) is 0 Å². The summed E-state index contributed by atoms with van der Waals surface area (Å²) >= 11 is 0. The molecule has 0 bridgehead atoms. The minimum absolute atomic E-state index is 0. The highest BCUT2D eigenvalue weighted by Crippen LogP contribution is 2.20. The largest absolute Gasteiger partial charge is 0.481 e. The van der Waals surface area contributed by atoms with Crippen molar-refractivity contribution in [3.05, 3.63) is 29.8 Å². The molecule has 130 valence electrons. The zero-order chi connectivity index (χ0) is 16.1. The standard InChI is InChI=1S/C16H22F2N2O2.ClH/c1-11(22-13-5-6-14(17)15(18)8-13)16(21)20-7-3-4-12(10-20)9-19-2;/h5-6,8,11-12,19H,3-4,7,9-10H2,1-2H3;1H. The first-order valence-corrected chi connectivity index (χ1v) is 7.56. The summed E-state index contributed by atoms with van der Waals surface area (Å²) in [5, 5.41) is 3.13. The van der Waals surface area contributed by atoms with Gasteiger partial charge in [-0.1, -0.05) is 0 Å². The third-order valence-corrected chi connectivity index (χ3v) is 3.88. The average Bonchev–Trinajstić information content (AvgIpc) is 2.51. The third kappa shape index (κ3) is 5.32. The number of halogens is 3. The topological polar surface area (TPSA) is 41.6 Å². The Hall–Kier alpha value is -1.40. The summed E-state index contributed by atoms with van der Waals surface area (Å²) in [6.07, 6.45) is 1.34. The maximum absolute atomic E-state index is 13.2. The molecule has 0 spiro atoms. The van der Waals surface area contributed by atoms with Crippen molar-refractivity contribution in [2.24, 2.45) is 5.92 Å². The Kier molecular flexibility index (Phi) is 7.72. The number of hydrogen-bond donors (Lipinski definition) is 1. The number of nitrogens with zero attached hydrogens (tertiary/aromatic N) is 1. The molecule has 1 fully saturated rings. The van der Waals surface area contributed by atoms with E-state index in [-0.39, 0.29) is 24.1 Å². The molecule has 1 heterocycles. The van der Waals surface area contributed by atoms with Crippen LogP contribution in [-0.4, -0.2) is 43.6 Å². The number of amides is 1. The van der Waals surface area contributed by atoms with E-state index in [9.17, 15) is 13.6 Å². The van der Waals surface area contributed by atoms with Gasteiger partial charge in [0.05, 0.1) is 0 Å². The summed E-state index contributed by atoms with van der Waals surface area (Å²) < 4.78 is 31.5. The van der Waals surface area contributed by atoms with E-state index in [1.807, 2.05) is 7.05 Å². The molecular formula is C16H23ClF2N2O2. The van der Waals surface area contributed by atoms with Gasteiger partial charge < -0.3 is 15.0 Å². The van der Waals surface area contributed by atoms with Gasteiger partial charge in [0.15, 0.2) is 17.7 Å². The molecule has 7 heteroatoms. The van der Waals surface area contributed by atoms with E-state index >= 15 is 0 Å². The van der Waals surface area contributed by atoms with Crippen molar-refractivity contribution in [1.29, 1.82) is 0 Å². The van der Waals surface area contributed by atoms with Gasteiger partial charge in [0, 0.05) is 19.2 Å². The number of likely N-dealkylation sites (tertiary alicyclic amines) is 1. The lowest BCUT2D eigenvalue weighted by Crippen LogP contribution is -2.47. The van der Waals surface area contributed by atoms with E-state index in [1.54, 1.807) is 11.8 Å². The zero-order valence-corrected chi connectivity index (χ0v) is 14.2. The molecule has 2 unspecified atom stereocenters. The monoisotopic (exact) mass is 348 g/mol.